The molecule has 1 aliphatic carbocycles. The molecule has 0 amide bonds. The molecule has 3 aliphatic rings. The van der Waals surface area contributed by atoms with Crippen LogP contribution in [0.5, 0.6) is 0 Å². The van der Waals surface area contributed by atoms with Gasteiger partial charge in [-0.1, -0.05) is 48.5 Å². The van der Waals surface area contributed by atoms with Gasteiger partial charge in [0.25, 0.3) is 0 Å². The van der Waals surface area contributed by atoms with Gasteiger partial charge in [-0.05, 0) is 22.3 Å². The first-order valence-electron chi connectivity index (χ1n) is 6.20. The van der Waals surface area contributed by atoms with Crippen LogP contribution in [-0.2, 0) is 14.3 Å². The molecule has 0 unspecified atom stereocenters. The van der Waals surface area contributed by atoms with Gasteiger partial charge in [-0.25, -0.2) is 0 Å². The van der Waals surface area contributed by atoms with E-state index in [1.807, 2.05) is 48.5 Å². The second kappa shape index (κ2) is 3.54. The van der Waals surface area contributed by atoms with Crippen molar-refractivity contribution in [2.75, 3.05) is 0 Å². The highest BCUT2D eigenvalue weighted by molar-refractivity contribution is 6.01. The van der Waals surface area contributed by atoms with Crippen LogP contribution in [0, 0.1) is 0 Å². The molecule has 3 heteroatoms. The van der Waals surface area contributed by atoms with Crippen LogP contribution < -0.4 is 0 Å². The monoisotopic (exact) mass is 250 g/mol. The van der Waals surface area contributed by atoms with E-state index < -0.39 is 23.8 Å². The molecular formula is C16H10O3. The number of rotatable bonds is 0. The molecule has 0 saturated heterocycles. The number of ether oxygens (including phenoxy) is 1. The smallest absolute Gasteiger partial charge is 0.325 e. The lowest BCUT2D eigenvalue weighted by atomic mass is 9.73. The summed E-state index contributed by atoms with van der Waals surface area (Å²) < 4.78 is 4.99. The van der Waals surface area contributed by atoms with Crippen molar-refractivity contribution in [3.63, 3.8) is 0 Å². The molecule has 19 heavy (non-hydrogen) atoms. The molecular weight excluding hydrogens is 240 g/mol. The van der Waals surface area contributed by atoms with E-state index in [1.54, 1.807) is 0 Å². The summed E-state index contributed by atoms with van der Waals surface area (Å²) in [5.74, 6) is -1.89. The molecule has 0 N–H and O–H groups in total. The Labute approximate surface area is 109 Å². The Balaban J connectivity index is 2.12. The van der Waals surface area contributed by atoms with Crippen molar-refractivity contribution in [2.24, 2.45) is 0 Å². The Bertz CT molecular complexity index is 610. The van der Waals surface area contributed by atoms with E-state index in [9.17, 15) is 9.59 Å². The molecule has 2 aliphatic heterocycles. The standard InChI is InChI=1S/C16H10O3/c17-15-13-9-5-1-2-6-10(9)14(16(18)19-15)12-8-4-3-7-11(12)13/h1-8,13-14H. The number of hydrogen-bond donors (Lipinski definition) is 0. The maximum atomic E-state index is 12.2. The predicted molar refractivity (Wildman–Crippen MR) is 67.7 cm³/mol. The highest BCUT2D eigenvalue weighted by Gasteiger charge is 2.45. The number of carbonyl (C=O) groups excluding carboxylic acids is 2. The van der Waals surface area contributed by atoms with Crippen molar-refractivity contribution in [2.45, 2.75) is 11.8 Å². The zero-order chi connectivity index (χ0) is 13.0. The van der Waals surface area contributed by atoms with E-state index in [1.165, 1.54) is 0 Å². The SMILES string of the molecule is O=C1OC(=O)C2c3ccccc3C1c1ccccc12. The molecule has 0 fully saturated rings. The van der Waals surface area contributed by atoms with E-state index >= 15 is 0 Å². The van der Waals surface area contributed by atoms with Crippen molar-refractivity contribution < 1.29 is 14.3 Å². The summed E-state index contributed by atoms with van der Waals surface area (Å²) in [6, 6.07) is 15.2. The summed E-state index contributed by atoms with van der Waals surface area (Å²) in [5, 5.41) is 0. The second-order valence-electron chi connectivity index (χ2n) is 4.86. The molecule has 0 aromatic heterocycles. The predicted octanol–water partition coefficient (Wildman–Crippen LogP) is 2.35. The lowest BCUT2D eigenvalue weighted by Crippen LogP contribution is -2.19. The van der Waals surface area contributed by atoms with Gasteiger partial charge >= 0.3 is 11.9 Å². The van der Waals surface area contributed by atoms with Gasteiger partial charge in [-0.3, -0.25) is 9.59 Å². The minimum absolute atomic E-state index is 0.468. The fraction of sp³-hybridized carbons (Fsp3) is 0.125. The molecule has 0 spiro atoms. The van der Waals surface area contributed by atoms with Gasteiger partial charge in [-0.15, -0.1) is 0 Å². The first-order valence-corrected chi connectivity index (χ1v) is 6.20. The van der Waals surface area contributed by atoms with E-state index in [-0.39, 0.29) is 0 Å². The van der Waals surface area contributed by atoms with E-state index in [0.29, 0.717) is 0 Å². The van der Waals surface area contributed by atoms with Crippen molar-refractivity contribution in [1.82, 2.24) is 0 Å². The van der Waals surface area contributed by atoms with E-state index in [0.717, 1.165) is 22.3 Å². The fourth-order valence-electron chi connectivity index (χ4n) is 3.13. The number of carbonyl (C=O) groups is 2. The maximum Gasteiger partial charge on any atom is 0.325 e. The number of benzene rings is 2. The van der Waals surface area contributed by atoms with Crippen LogP contribution in [0.2, 0.25) is 0 Å². The third-order valence-corrected chi connectivity index (χ3v) is 3.91. The quantitative estimate of drug-likeness (QED) is 0.532. The van der Waals surface area contributed by atoms with Crippen LogP contribution in [-0.4, -0.2) is 11.9 Å². The second-order valence-corrected chi connectivity index (χ2v) is 4.86. The van der Waals surface area contributed by atoms with Crippen molar-refractivity contribution in [3.8, 4) is 0 Å². The third kappa shape index (κ3) is 1.27. The van der Waals surface area contributed by atoms with Gasteiger partial charge in [-0.2, -0.15) is 0 Å². The highest BCUT2D eigenvalue weighted by Crippen LogP contribution is 2.46. The average Bonchev–Trinajstić information content (AvgIpc) is 2.61. The molecule has 3 nitrogen and oxygen atoms in total. The summed E-state index contributed by atoms with van der Waals surface area (Å²) >= 11 is 0. The Hall–Kier alpha value is -2.42. The molecule has 2 heterocycles. The van der Waals surface area contributed by atoms with Gasteiger partial charge in [0.1, 0.15) is 11.8 Å². The van der Waals surface area contributed by atoms with E-state index in [4.69, 9.17) is 4.74 Å². The van der Waals surface area contributed by atoms with Crippen LogP contribution >= 0.6 is 0 Å². The lowest BCUT2D eigenvalue weighted by molar-refractivity contribution is -0.159. The van der Waals surface area contributed by atoms with Crippen LogP contribution in [0.15, 0.2) is 48.5 Å². The minimum atomic E-state index is -0.477. The molecule has 0 radical (unpaired) electrons. The van der Waals surface area contributed by atoms with Crippen LogP contribution in [0.1, 0.15) is 34.1 Å². The molecule has 2 aromatic rings. The maximum absolute atomic E-state index is 12.2. The first kappa shape index (κ1) is 10.5. The zero-order valence-electron chi connectivity index (χ0n) is 10.00. The van der Waals surface area contributed by atoms with Gasteiger partial charge in [0.15, 0.2) is 0 Å². The van der Waals surface area contributed by atoms with Gasteiger partial charge in [0.2, 0.25) is 0 Å². The van der Waals surface area contributed by atoms with E-state index in [2.05, 4.69) is 0 Å². The molecule has 5 rings (SSSR count). The van der Waals surface area contributed by atoms with Crippen LogP contribution in [0.4, 0.5) is 0 Å². The molecule has 92 valence electrons. The summed E-state index contributed by atoms with van der Waals surface area (Å²) in [5.41, 5.74) is 3.56. The summed E-state index contributed by atoms with van der Waals surface area (Å²) in [6.45, 7) is 0. The Kier molecular flexibility index (Phi) is 1.96. The normalized spacial score (nSPS) is 23.4. The summed E-state index contributed by atoms with van der Waals surface area (Å²) in [6.07, 6.45) is 0. The van der Waals surface area contributed by atoms with Gasteiger partial charge in [0, 0.05) is 0 Å². The fourth-order valence-corrected chi connectivity index (χ4v) is 3.13. The summed E-state index contributed by atoms with van der Waals surface area (Å²) in [7, 11) is 0. The number of esters is 2. The van der Waals surface area contributed by atoms with Crippen molar-refractivity contribution in [3.05, 3.63) is 70.8 Å². The molecule has 0 saturated carbocycles. The lowest BCUT2D eigenvalue weighted by Gasteiger charge is -2.26. The van der Waals surface area contributed by atoms with Gasteiger partial charge in [0.05, 0.1) is 0 Å². The molecule has 2 bridgehead atoms. The highest BCUT2D eigenvalue weighted by atomic mass is 16.6. The topological polar surface area (TPSA) is 43.4 Å². The van der Waals surface area contributed by atoms with Crippen molar-refractivity contribution in [1.29, 1.82) is 0 Å². The Morgan fingerprint density at radius 1 is 0.632 bits per heavy atom. The minimum Gasteiger partial charge on any atom is -0.392 e. The molecule has 2 aromatic carbocycles. The van der Waals surface area contributed by atoms with Crippen molar-refractivity contribution >= 4 is 11.9 Å². The average molecular weight is 250 g/mol. The Morgan fingerprint density at radius 2 is 0.947 bits per heavy atom. The number of hydrogen-bond acceptors (Lipinski definition) is 3. The summed E-state index contributed by atoms with van der Waals surface area (Å²) in [4.78, 5) is 24.3. The Morgan fingerprint density at radius 3 is 1.26 bits per heavy atom. The van der Waals surface area contributed by atoms with Gasteiger partial charge < -0.3 is 4.74 Å². The van der Waals surface area contributed by atoms with Crippen LogP contribution in [0.25, 0.3) is 0 Å². The molecule has 0 atom stereocenters. The largest absolute Gasteiger partial charge is 0.392 e. The third-order valence-electron chi connectivity index (χ3n) is 3.91. The number of fused-ring (bicyclic) bond motifs is 2. The first-order chi connectivity index (χ1) is 9.27. The van der Waals surface area contributed by atoms with Crippen LogP contribution in [0.3, 0.4) is 0 Å². The zero-order valence-corrected chi connectivity index (χ0v) is 10.00.